The number of anilines is 1. The average molecular weight is 521 g/mol. The molecule has 0 aromatic heterocycles. The van der Waals surface area contributed by atoms with E-state index < -0.39 is 0 Å². The van der Waals surface area contributed by atoms with Crippen molar-refractivity contribution in [3.05, 3.63) is 46.7 Å². The van der Waals surface area contributed by atoms with E-state index in [0.717, 1.165) is 42.5 Å². The Balaban J connectivity index is 0.00000162. The first-order chi connectivity index (χ1) is 8.26. The van der Waals surface area contributed by atoms with Gasteiger partial charge in [0.2, 0.25) is 0 Å². The van der Waals surface area contributed by atoms with Crippen LogP contribution in [-0.2, 0) is 0 Å². The van der Waals surface area contributed by atoms with Gasteiger partial charge in [0.05, 0.1) is 0 Å². The minimum absolute atomic E-state index is 0. The average Bonchev–Trinajstić information content (AvgIpc) is 2.34. The summed E-state index contributed by atoms with van der Waals surface area (Å²) >= 11 is 3.59. The van der Waals surface area contributed by atoms with Gasteiger partial charge in [-0.1, -0.05) is 18.2 Å². The van der Waals surface area contributed by atoms with Gasteiger partial charge in [-0.3, -0.25) is 0 Å². The molecule has 1 aliphatic rings. The summed E-state index contributed by atoms with van der Waals surface area (Å²) in [6.45, 7) is 5.78. The molecule has 1 aromatic rings. The summed E-state index contributed by atoms with van der Waals surface area (Å²) in [5.41, 5.74) is 1.30. The van der Waals surface area contributed by atoms with Crippen molar-refractivity contribution in [3.63, 3.8) is 0 Å². The molecule has 0 saturated carbocycles. The second kappa shape index (κ2) is 8.05. The predicted octanol–water partition coefficient (Wildman–Crippen LogP) is 4.34. The van der Waals surface area contributed by atoms with Gasteiger partial charge >= 0.3 is 0 Å². The zero-order valence-electron chi connectivity index (χ0n) is 10.5. The van der Waals surface area contributed by atoms with Crippen molar-refractivity contribution in [2.24, 2.45) is 0 Å². The second-order valence-electron chi connectivity index (χ2n) is 4.55. The minimum atomic E-state index is 0. The van der Waals surface area contributed by atoms with E-state index in [0.29, 0.717) is 0 Å². The van der Waals surface area contributed by atoms with Crippen molar-refractivity contribution in [1.82, 2.24) is 0 Å². The Hall–Kier alpha value is 0.642. The molecule has 0 aliphatic carbocycles. The standard InChI is InChI=1S/C14H18BrN2.Ac/c1-2-7-14(8-10-16-11-9-14)17-13-6-4-3-5-12(13)15;/h2-6,17H,1,7-11H2;/q-1;. The molecule has 0 amide bonds. The Bertz CT molecular complexity index is 389. The molecule has 2 nitrogen and oxygen atoms in total. The predicted molar refractivity (Wildman–Crippen MR) is 77.6 cm³/mol. The van der Waals surface area contributed by atoms with Gasteiger partial charge in [0.1, 0.15) is 0 Å². The molecule has 1 N–H and O–H groups in total. The Morgan fingerprint density at radius 2 is 2.00 bits per heavy atom. The Morgan fingerprint density at radius 3 is 2.61 bits per heavy atom. The van der Waals surface area contributed by atoms with Gasteiger partial charge in [0.25, 0.3) is 0 Å². The number of rotatable bonds is 4. The van der Waals surface area contributed by atoms with E-state index in [1.54, 1.807) is 0 Å². The first-order valence-electron chi connectivity index (χ1n) is 6.03. The summed E-state index contributed by atoms with van der Waals surface area (Å²) < 4.78 is 1.12. The quantitative estimate of drug-likeness (QED) is 0.587. The van der Waals surface area contributed by atoms with Crippen LogP contribution in [0.15, 0.2) is 41.4 Å². The maximum Gasteiger partial charge on any atom is 0.0488 e. The van der Waals surface area contributed by atoms with Gasteiger partial charge in [0.15, 0.2) is 0 Å². The summed E-state index contributed by atoms with van der Waals surface area (Å²) in [5.74, 6) is 0. The molecule has 95 valence electrons. The Morgan fingerprint density at radius 1 is 1.33 bits per heavy atom. The van der Waals surface area contributed by atoms with Crippen molar-refractivity contribution in [2.75, 3.05) is 18.4 Å². The fourth-order valence-corrected chi connectivity index (χ4v) is 2.71. The number of hydrogen-bond donors (Lipinski definition) is 1. The molecule has 1 aliphatic heterocycles. The van der Waals surface area contributed by atoms with Crippen molar-refractivity contribution in [1.29, 1.82) is 0 Å². The monoisotopic (exact) mass is 520 g/mol. The van der Waals surface area contributed by atoms with E-state index in [9.17, 15) is 0 Å². The number of nitrogens with zero attached hydrogens (tertiary/aromatic N) is 1. The molecule has 4 heteroatoms. The molecule has 1 heterocycles. The molecule has 0 unspecified atom stereocenters. The Kier molecular flexibility index (Phi) is 7.46. The fraction of sp³-hybridized carbons (Fsp3) is 0.429. The third kappa shape index (κ3) is 4.34. The zero-order chi connectivity index (χ0) is 12.1. The first kappa shape index (κ1) is 16.7. The molecule has 2 rings (SSSR count). The molecule has 0 spiro atoms. The van der Waals surface area contributed by atoms with Crippen LogP contribution >= 0.6 is 15.9 Å². The van der Waals surface area contributed by atoms with Crippen LogP contribution < -0.4 is 5.32 Å². The van der Waals surface area contributed by atoms with Crippen molar-refractivity contribution in [2.45, 2.75) is 24.8 Å². The Labute approximate surface area is 154 Å². The van der Waals surface area contributed by atoms with Crippen LogP contribution in [0.25, 0.3) is 5.32 Å². The minimum Gasteiger partial charge on any atom is -0.662 e. The molecule has 0 bridgehead atoms. The molecular weight excluding hydrogens is 503 g/mol. The third-order valence-electron chi connectivity index (χ3n) is 3.31. The van der Waals surface area contributed by atoms with Crippen LogP contribution in [0.1, 0.15) is 19.3 Å². The summed E-state index contributed by atoms with van der Waals surface area (Å²) in [7, 11) is 0. The maximum absolute atomic E-state index is 4.43. The van der Waals surface area contributed by atoms with Gasteiger partial charge in [-0.15, -0.1) is 19.7 Å². The molecule has 1 saturated heterocycles. The number of para-hydroxylation sites is 1. The van der Waals surface area contributed by atoms with Crippen LogP contribution in [0.3, 0.4) is 0 Å². The molecule has 1 aromatic carbocycles. The van der Waals surface area contributed by atoms with Gasteiger partial charge in [-0.2, -0.15) is 0 Å². The van der Waals surface area contributed by atoms with Gasteiger partial charge < -0.3 is 10.6 Å². The van der Waals surface area contributed by atoms with Gasteiger partial charge in [0, 0.05) is 59.8 Å². The van der Waals surface area contributed by atoms with E-state index in [4.69, 9.17) is 0 Å². The summed E-state index contributed by atoms with van der Waals surface area (Å²) in [5, 5.41) is 8.12. The van der Waals surface area contributed by atoms with E-state index in [2.05, 4.69) is 51.3 Å². The molecule has 1 radical (unpaired) electrons. The molecular formula is C14H18AcBrN2-. The van der Waals surface area contributed by atoms with Crippen LogP contribution in [-0.4, -0.2) is 18.6 Å². The second-order valence-corrected chi connectivity index (χ2v) is 5.40. The largest absolute Gasteiger partial charge is 0.662 e. The van der Waals surface area contributed by atoms with E-state index in [-0.39, 0.29) is 49.6 Å². The summed E-state index contributed by atoms with van der Waals surface area (Å²) in [6.07, 6.45) is 5.17. The number of piperidine rings is 1. The number of nitrogens with one attached hydrogen (secondary N) is 1. The number of halogens is 1. The van der Waals surface area contributed by atoms with Crippen LogP contribution in [0.4, 0.5) is 5.69 Å². The van der Waals surface area contributed by atoms with Crippen LogP contribution in [0.2, 0.25) is 0 Å². The molecule has 1 fully saturated rings. The first-order valence-corrected chi connectivity index (χ1v) is 6.82. The molecule has 18 heavy (non-hydrogen) atoms. The molecule has 0 atom stereocenters. The SMILES string of the molecule is C=CCC1(Nc2ccccc2Br)CC[N-]CC1.[Ac]. The fourth-order valence-electron chi connectivity index (χ4n) is 2.33. The van der Waals surface area contributed by atoms with E-state index in [1.165, 1.54) is 0 Å². The normalized spacial score (nSPS) is 17.6. The van der Waals surface area contributed by atoms with Gasteiger partial charge in [-0.05, 0) is 47.3 Å². The van der Waals surface area contributed by atoms with Crippen molar-refractivity contribution in [3.8, 4) is 0 Å². The van der Waals surface area contributed by atoms with Crippen molar-refractivity contribution >= 4 is 21.6 Å². The smallest absolute Gasteiger partial charge is 0.0488 e. The van der Waals surface area contributed by atoms with Crippen LogP contribution in [0.5, 0.6) is 0 Å². The third-order valence-corrected chi connectivity index (χ3v) is 4.00. The van der Waals surface area contributed by atoms with Crippen LogP contribution in [0, 0.1) is 44.1 Å². The zero-order valence-corrected chi connectivity index (χ0v) is 16.9. The summed E-state index contributed by atoms with van der Waals surface area (Å²) in [4.78, 5) is 0. The van der Waals surface area contributed by atoms with E-state index >= 15 is 0 Å². The van der Waals surface area contributed by atoms with Crippen molar-refractivity contribution < 1.29 is 44.1 Å². The topological polar surface area (TPSA) is 26.1 Å². The summed E-state index contributed by atoms with van der Waals surface area (Å²) in [6, 6.07) is 8.27. The van der Waals surface area contributed by atoms with E-state index in [1.807, 2.05) is 12.1 Å². The number of hydrogen-bond acceptors (Lipinski definition) is 1. The number of benzene rings is 1. The maximum atomic E-state index is 4.43. The van der Waals surface area contributed by atoms with Gasteiger partial charge in [-0.25, -0.2) is 0 Å².